The van der Waals surface area contributed by atoms with Crippen LogP contribution in [0.3, 0.4) is 0 Å². The van der Waals surface area contributed by atoms with Crippen molar-refractivity contribution >= 4 is 6.72 Å². The molecule has 34 valence electrons. The predicted octanol–water partition coefficient (Wildman–Crippen LogP) is 0.492. The van der Waals surface area contributed by atoms with Crippen molar-refractivity contribution in [2.24, 2.45) is 0 Å². The van der Waals surface area contributed by atoms with Crippen molar-refractivity contribution in [1.82, 2.24) is 0 Å². The third-order valence-electron chi connectivity index (χ3n) is 1.17. The van der Waals surface area contributed by atoms with E-state index in [-0.39, 0.29) is 0 Å². The van der Waals surface area contributed by atoms with Crippen LogP contribution in [0.2, 0.25) is 0 Å². The van der Waals surface area contributed by atoms with Crippen molar-refractivity contribution in [3.8, 4) is 0 Å². The third-order valence-corrected chi connectivity index (χ3v) is 1.17. The SMILES string of the molecule is C=[N+](C)C1CC1. The van der Waals surface area contributed by atoms with Crippen LogP contribution in [0.1, 0.15) is 12.8 Å². The van der Waals surface area contributed by atoms with Gasteiger partial charge in [0.05, 0.1) is 0 Å². The zero-order valence-corrected chi connectivity index (χ0v) is 4.15. The van der Waals surface area contributed by atoms with Crippen LogP contribution in [0, 0.1) is 0 Å². The Kier molecular flexibility index (Phi) is 0.685. The summed E-state index contributed by atoms with van der Waals surface area (Å²) in [5, 5.41) is 0. The van der Waals surface area contributed by atoms with Crippen molar-refractivity contribution in [3.05, 3.63) is 0 Å². The number of hydrogen-bond donors (Lipinski definition) is 0. The van der Waals surface area contributed by atoms with Gasteiger partial charge in [-0.25, -0.2) is 4.58 Å². The van der Waals surface area contributed by atoms with E-state index in [2.05, 4.69) is 6.72 Å². The Morgan fingerprint density at radius 1 is 1.67 bits per heavy atom. The second kappa shape index (κ2) is 1.07. The Morgan fingerprint density at radius 3 is 2.17 bits per heavy atom. The first-order chi connectivity index (χ1) is 2.80. The summed E-state index contributed by atoms with van der Waals surface area (Å²) in [4.78, 5) is 0. The largest absolute Gasteiger partial charge is 0.242 e. The van der Waals surface area contributed by atoms with Gasteiger partial charge in [-0.3, -0.25) is 0 Å². The van der Waals surface area contributed by atoms with Crippen molar-refractivity contribution < 1.29 is 4.58 Å². The molecule has 0 saturated heterocycles. The minimum atomic E-state index is 0.824. The van der Waals surface area contributed by atoms with Gasteiger partial charge in [-0.1, -0.05) is 0 Å². The number of nitrogens with zero attached hydrogens (tertiary/aromatic N) is 1. The monoisotopic (exact) mass is 84.1 g/mol. The lowest BCUT2D eigenvalue weighted by atomic mass is 10.7. The van der Waals surface area contributed by atoms with E-state index in [1.165, 1.54) is 12.8 Å². The lowest BCUT2D eigenvalue weighted by Crippen LogP contribution is -2.02. The van der Waals surface area contributed by atoms with E-state index < -0.39 is 0 Å². The van der Waals surface area contributed by atoms with Gasteiger partial charge >= 0.3 is 0 Å². The molecule has 0 aliphatic heterocycles. The summed E-state index contributed by atoms with van der Waals surface area (Å²) < 4.78 is 2.03. The first-order valence-electron chi connectivity index (χ1n) is 2.34. The van der Waals surface area contributed by atoms with Crippen molar-refractivity contribution in [3.63, 3.8) is 0 Å². The molecule has 0 aromatic rings. The zero-order valence-electron chi connectivity index (χ0n) is 4.15. The standard InChI is InChI=1S/C5H10N/c1-6(2)5-3-4-5/h5H,1,3-4H2,2H3/q+1. The van der Waals surface area contributed by atoms with E-state index in [1.54, 1.807) is 0 Å². The van der Waals surface area contributed by atoms with E-state index in [0.717, 1.165) is 6.04 Å². The van der Waals surface area contributed by atoms with Gasteiger partial charge in [0, 0.05) is 12.8 Å². The maximum absolute atomic E-state index is 3.73. The van der Waals surface area contributed by atoms with E-state index in [1.807, 2.05) is 11.6 Å². The van der Waals surface area contributed by atoms with Gasteiger partial charge in [-0.15, -0.1) is 0 Å². The maximum atomic E-state index is 3.73. The molecule has 0 N–H and O–H groups in total. The summed E-state index contributed by atoms with van der Waals surface area (Å²) in [6, 6.07) is 0.824. The number of hydrogen-bond acceptors (Lipinski definition) is 0. The molecule has 1 heteroatoms. The Bertz CT molecular complexity index is 72.0. The molecule has 1 saturated carbocycles. The quantitative estimate of drug-likeness (QED) is 0.321. The molecule has 6 heavy (non-hydrogen) atoms. The van der Waals surface area contributed by atoms with Gasteiger partial charge in [0.2, 0.25) is 0 Å². The lowest BCUT2D eigenvalue weighted by molar-refractivity contribution is -0.503. The Morgan fingerprint density at radius 2 is 2.17 bits per heavy atom. The first-order valence-corrected chi connectivity index (χ1v) is 2.34. The molecule has 1 fully saturated rings. The fraction of sp³-hybridized carbons (Fsp3) is 0.800. The van der Waals surface area contributed by atoms with Crippen LogP contribution in [-0.2, 0) is 0 Å². The third kappa shape index (κ3) is 0.588. The van der Waals surface area contributed by atoms with Crippen molar-refractivity contribution in [2.75, 3.05) is 7.05 Å². The summed E-state index contributed by atoms with van der Waals surface area (Å²) in [6.45, 7) is 3.73. The summed E-state index contributed by atoms with van der Waals surface area (Å²) in [5.41, 5.74) is 0. The molecule has 1 aliphatic rings. The van der Waals surface area contributed by atoms with Crippen LogP contribution < -0.4 is 0 Å². The van der Waals surface area contributed by atoms with E-state index >= 15 is 0 Å². The summed E-state index contributed by atoms with van der Waals surface area (Å²) in [6.07, 6.45) is 2.72. The van der Waals surface area contributed by atoms with E-state index in [4.69, 9.17) is 0 Å². The molecule has 0 bridgehead atoms. The molecule has 0 unspecified atom stereocenters. The van der Waals surface area contributed by atoms with Crippen molar-refractivity contribution in [1.29, 1.82) is 0 Å². The average molecular weight is 84.1 g/mol. The van der Waals surface area contributed by atoms with E-state index in [9.17, 15) is 0 Å². The maximum Gasteiger partial charge on any atom is 0.152 e. The highest BCUT2D eigenvalue weighted by atomic mass is 15.0. The van der Waals surface area contributed by atoms with E-state index in [0.29, 0.717) is 0 Å². The molecule has 1 rings (SSSR count). The minimum absolute atomic E-state index is 0.824. The molecule has 0 atom stereocenters. The summed E-state index contributed by atoms with van der Waals surface area (Å²) in [5.74, 6) is 0. The molecule has 0 aromatic heterocycles. The Balaban J connectivity index is 2.31. The molecular weight excluding hydrogens is 74.1 g/mol. The van der Waals surface area contributed by atoms with Gasteiger partial charge in [-0.2, -0.15) is 0 Å². The first kappa shape index (κ1) is 3.85. The Labute approximate surface area is 38.3 Å². The topological polar surface area (TPSA) is 3.01 Å². The normalized spacial score (nSPS) is 20.8. The van der Waals surface area contributed by atoms with Crippen molar-refractivity contribution in [2.45, 2.75) is 18.9 Å². The minimum Gasteiger partial charge on any atom is -0.242 e. The van der Waals surface area contributed by atoms with Gasteiger partial charge < -0.3 is 0 Å². The lowest BCUT2D eigenvalue weighted by Gasteiger charge is -1.81. The van der Waals surface area contributed by atoms with Crippen LogP contribution in [0.5, 0.6) is 0 Å². The zero-order chi connectivity index (χ0) is 4.57. The van der Waals surface area contributed by atoms with Gasteiger partial charge in [-0.05, 0) is 0 Å². The highest BCUT2D eigenvalue weighted by Crippen LogP contribution is 2.20. The van der Waals surface area contributed by atoms with Gasteiger partial charge in [0.15, 0.2) is 6.04 Å². The van der Waals surface area contributed by atoms with Crippen LogP contribution >= 0.6 is 0 Å². The fourth-order valence-corrected chi connectivity index (χ4v) is 0.515. The molecule has 0 amide bonds. The highest BCUT2D eigenvalue weighted by Gasteiger charge is 2.28. The molecule has 0 radical (unpaired) electrons. The molecule has 0 spiro atoms. The van der Waals surface area contributed by atoms with Crippen LogP contribution in [0.4, 0.5) is 0 Å². The summed E-state index contributed by atoms with van der Waals surface area (Å²) >= 11 is 0. The van der Waals surface area contributed by atoms with Crippen LogP contribution in [-0.4, -0.2) is 24.4 Å². The molecular formula is C5H10N+. The highest BCUT2D eigenvalue weighted by molar-refractivity contribution is 5.15. The Hall–Kier alpha value is -0.330. The number of rotatable bonds is 1. The second-order valence-electron chi connectivity index (χ2n) is 1.99. The fourth-order valence-electron chi connectivity index (χ4n) is 0.515. The van der Waals surface area contributed by atoms with Gasteiger partial charge in [0.1, 0.15) is 13.8 Å². The smallest absolute Gasteiger partial charge is 0.152 e. The van der Waals surface area contributed by atoms with Crippen LogP contribution in [0.15, 0.2) is 0 Å². The average Bonchev–Trinajstić information content (AvgIpc) is 2.06. The van der Waals surface area contributed by atoms with Gasteiger partial charge in [0.25, 0.3) is 0 Å². The molecule has 0 heterocycles. The summed E-state index contributed by atoms with van der Waals surface area (Å²) in [7, 11) is 2.03. The predicted molar refractivity (Wildman–Crippen MR) is 26.3 cm³/mol. The molecule has 0 aromatic carbocycles. The molecule has 1 nitrogen and oxygen atoms in total. The second-order valence-corrected chi connectivity index (χ2v) is 1.99. The molecule has 1 aliphatic carbocycles. The van der Waals surface area contributed by atoms with Crippen LogP contribution in [0.25, 0.3) is 0 Å².